The van der Waals surface area contributed by atoms with Crippen LogP contribution in [-0.4, -0.2) is 43.1 Å². The Morgan fingerprint density at radius 3 is 2.66 bits per heavy atom. The lowest BCUT2D eigenvalue weighted by atomic mass is 10.0. The molecule has 29 heavy (non-hydrogen) atoms. The Hall–Kier alpha value is -3.30. The van der Waals surface area contributed by atoms with Crippen molar-refractivity contribution < 1.29 is 13.3 Å². The van der Waals surface area contributed by atoms with E-state index in [9.17, 15) is 8.78 Å². The summed E-state index contributed by atoms with van der Waals surface area (Å²) >= 11 is 0. The van der Waals surface area contributed by atoms with Crippen molar-refractivity contribution >= 4 is 16.7 Å². The first-order valence-corrected chi connectivity index (χ1v) is 9.37. The molecule has 10 heteroatoms. The van der Waals surface area contributed by atoms with Crippen molar-refractivity contribution in [2.24, 2.45) is 7.05 Å². The number of hydrogen-bond donors (Lipinski definition) is 1. The molecule has 4 aromatic heterocycles. The molecule has 1 fully saturated rings. The molecule has 0 amide bonds. The van der Waals surface area contributed by atoms with Crippen LogP contribution in [0.2, 0.25) is 0 Å². The van der Waals surface area contributed by atoms with Crippen molar-refractivity contribution in [2.45, 2.75) is 24.8 Å². The number of nitrogens with two attached hydrogens (primary N) is 1. The Bertz CT molecular complexity index is 1190. The molecule has 1 aliphatic rings. The average molecular weight is 399 g/mol. The van der Waals surface area contributed by atoms with Crippen LogP contribution in [0.1, 0.15) is 30.6 Å². The third kappa shape index (κ3) is 2.78. The molecule has 1 saturated carbocycles. The Balaban J connectivity index is 1.79. The van der Waals surface area contributed by atoms with Crippen LogP contribution in [0.25, 0.3) is 33.5 Å². The van der Waals surface area contributed by atoms with Crippen LogP contribution in [0.4, 0.5) is 14.6 Å². The van der Waals surface area contributed by atoms with Crippen LogP contribution in [0.3, 0.4) is 0 Å². The number of fused-ring (bicyclic) bond motifs is 1. The zero-order valence-electron chi connectivity index (χ0n) is 15.7. The lowest BCUT2D eigenvalue weighted by Crippen LogP contribution is -2.14. The summed E-state index contributed by atoms with van der Waals surface area (Å²) in [4.78, 5) is 4.14. The Morgan fingerprint density at radius 2 is 2.00 bits per heavy atom. The Labute approximate surface area is 164 Å². The second-order valence-electron chi connectivity index (χ2n) is 7.27. The lowest BCUT2D eigenvalue weighted by Gasteiger charge is -2.10. The molecule has 0 radical (unpaired) electrons. The summed E-state index contributed by atoms with van der Waals surface area (Å²) in [6.45, 7) is -1.79. The molecule has 8 nitrogen and oxygen atoms in total. The highest BCUT2D eigenvalue weighted by molar-refractivity contribution is 6.02. The summed E-state index contributed by atoms with van der Waals surface area (Å²) < 4.78 is 35.6. The molecule has 0 aromatic carbocycles. The molecule has 4 aromatic rings. The van der Waals surface area contributed by atoms with Gasteiger partial charge in [0.05, 0.1) is 22.2 Å². The van der Waals surface area contributed by atoms with Crippen LogP contribution in [0.15, 0.2) is 29.0 Å². The zero-order valence-corrected chi connectivity index (χ0v) is 15.7. The number of halogens is 2. The quantitative estimate of drug-likeness (QED) is 0.533. The molecule has 4 heterocycles. The van der Waals surface area contributed by atoms with Gasteiger partial charge in [-0.2, -0.15) is 10.2 Å². The van der Waals surface area contributed by atoms with Gasteiger partial charge in [0.1, 0.15) is 42.4 Å². The number of rotatable bonds is 6. The average Bonchev–Trinajstić information content (AvgIpc) is 3.14. The molecule has 0 aliphatic heterocycles. The van der Waals surface area contributed by atoms with Crippen molar-refractivity contribution in [3.8, 4) is 22.6 Å². The van der Waals surface area contributed by atoms with E-state index in [2.05, 4.69) is 20.3 Å². The summed E-state index contributed by atoms with van der Waals surface area (Å²) in [5.74, 6) is 1.24. The van der Waals surface area contributed by atoms with Gasteiger partial charge in [-0.3, -0.25) is 9.36 Å². The first-order valence-electron chi connectivity index (χ1n) is 9.37. The van der Waals surface area contributed by atoms with Crippen LogP contribution in [-0.2, 0) is 7.05 Å². The molecular weight excluding hydrogens is 380 g/mol. The number of pyridine rings is 1. The van der Waals surface area contributed by atoms with E-state index in [1.165, 1.54) is 10.9 Å². The summed E-state index contributed by atoms with van der Waals surface area (Å²) in [6.07, 6.45) is 5.35. The van der Waals surface area contributed by atoms with E-state index >= 15 is 0 Å². The van der Waals surface area contributed by atoms with Crippen LogP contribution in [0, 0.1) is 0 Å². The highest BCUT2D eigenvalue weighted by Crippen LogP contribution is 2.48. The fraction of sp³-hybridized carbons (Fsp3) is 0.368. The van der Waals surface area contributed by atoms with E-state index in [0.717, 1.165) is 24.2 Å². The van der Waals surface area contributed by atoms with Gasteiger partial charge < -0.3 is 10.3 Å². The van der Waals surface area contributed by atoms with Gasteiger partial charge in [-0.25, -0.2) is 13.8 Å². The van der Waals surface area contributed by atoms with Crippen molar-refractivity contribution in [1.82, 2.24) is 29.7 Å². The minimum atomic E-state index is -1.05. The molecule has 5 rings (SSSR count). The van der Waals surface area contributed by atoms with Crippen LogP contribution in [0.5, 0.6) is 0 Å². The maximum Gasteiger partial charge on any atom is 0.149 e. The minimum Gasteiger partial charge on any atom is -0.383 e. The number of hydrogen-bond acceptors (Lipinski definition) is 6. The first-order chi connectivity index (χ1) is 14.1. The third-order valence-electron chi connectivity index (χ3n) is 5.21. The third-order valence-corrected chi connectivity index (χ3v) is 5.21. The van der Waals surface area contributed by atoms with E-state index in [4.69, 9.17) is 10.3 Å². The van der Waals surface area contributed by atoms with Crippen molar-refractivity contribution in [3.63, 3.8) is 0 Å². The molecule has 1 aliphatic carbocycles. The molecule has 0 spiro atoms. The van der Waals surface area contributed by atoms with Crippen molar-refractivity contribution in [1.29, 1.82) is 0 Å². The number of nitrogen functional groups attached to an aromatic ring is 1. The highest BCUT2D eigenvalue weighted by atomic mass is 19.1. The van der Waals surface area contributed by atoms with Gasteiger partial charge >= 0.3 is 0 Å². The second-order valence-corrected chi connectivity index (χ2v) is 7.27. The van der Waals surface area contributed by atoms with Crippen molar-refractivity contribution in [2.75, 3.05) is 19.1 Å². The van der Waals surface area contributed by atoms with Gasteiger partial charge in [-0.05, 0) is 25.0 Å². The normalized spacial score (nSPS) is 14.3. The smallest absolute Gasteiger partial charge is 0.149 e. The van der Waals surface area contributed by atoms with Gasteiger partial charge in [-0.1, -0.05) is 5.16 Å². The minimum absolute atomic E-state index is 0.211. The standard InChI is InChI=1S/C19H19F2N7O/c1-27-7-5-12(24-27)14-17(26-29-18(14)10-2-3-10)16-15-13(4-6-23-19(15)22)28(25-16)11(8-20)9-21/h4-7,10-11H,2-3,8-9H2,1H3,(H2,22,23). The molecule has 2 N–H and O–H groups in total. The van der Waals surface area contributed by atoms with Gasteiger partial charge in [0.15, 0.2) is 0 Å². The number of anilines is 1. The SMILES string of the molecule is Cn1ccc(-c2c(-c3nn(C(CF)CF)c4ccnc(N)c34)noc2C2CC2)n1. The number of aryl methyl sites for hydroxylation is 1. The molecule has 0 atom stereocenters. The largest absolute Gasteiger partial charge is 0.383 e. The van der Waals surface area contributed by atoms with Crippen LogP contribution >= 0.6 is 0 Å². The molecule has 0 bridgehead atoms. The number of aromatic nitrogens is 6. The van der Waals surface area contributed by atoms with Gasteiger partial charge in [0.2, 0.25) is 0 Å². The fourth-order valence-corrected chi connectivity index (χ4v) is 3.61. The Kier molecular flexibility index (Phi) is 4.07. The second kappa shape index (κ2) is 6.64. The van der Waals surface area contributed by atoms with E-state index < -0.39 is 19.4 Å². The van der Waals surface area contributed by atoms with Gasteiger partial charge in [0, 0.05) is 25.4 Å². The van der Waals surface area contributed by atoms with Crippen LogP contribution < -0.4 is 5.73 Å². The lowest BCUT2D eigenvalue weighted by molar-refractivity contribution is 0.278. The van der Waals surface area contributed by atoms with Gasteiger partial charge in [0.25, 0.3) is 0 Å². The van der Waals surface area contributed by atoms with Gasteiger partial charge in [-0.15, -0.1) is 0 Å². The Morgan fingerprint density at radius 1 is 1.21 bits per heavy atom. The highest BCUT2D eigenvalue weighted by Gasteiger charge is 2.35. The first kappa shape index (κ1) is 17.8. The summed E-state index contributed by atoms with van der Waals surface area (Å²) in [5, 5.41) is 13.8. The molecule has 150 valence electrons. The predicted molar refractivity (Wildman–Crippen MR) is 103 cm³/mol. The van der Waals surface area contributed by atoms with E-state index in [1.54, 1.807) is 10.7 Å². The fourth-order valence-electron chi connectivity index (χ4n) is 3.61. The van der Waals surface area contributed by atoms with E-state index in [-0.39, 0.29) is 11.7 Å². The van der Waals surface area contributed by atoms with E-state index in [1.807, 2.05) is 19.3 Å². The number of alkyl halides is 2. The summed E-state index contributed by atoms with van der Waals surface area (Å²) in [5.41, 5.74) is 8.89. The number of nitrogens with zero attached hydrogens (tertiary/aromatic N) is 6. The summed E-state index contributed by atoms with van der Waals surface area (Å²) in [7, 11) is 1.83. The predicted octanol–water partition coefficient (Wildman–Crippen LogP) is 3.43. The topological polar surface area (TPSA) is 101 Å². The van der Waals surface area contributed by atoms with Crippen molar-refractivity contribution in [3.05, 3.63) is 30.3 Å². The monoisotopic (exact) mass is 399 g/mol. The summed E-state index contributed by atoms with van der Waals surface area (Å²) in [6, 6.07) is 2.46. The molecule has 0 unspecified atom stereocenters. The van der Waals surface area contributed by atoms with E-state index in [0.29, 0.717) is 28.0 Å². The molecule has 0 saturated heterocycles. The molecular formula is C19H19F2N7O. The maximum absolute atomic E-state index is 13.5. The maximum atomic E-state index is 13.5. The zero-order chi connectivity index (χ0) is 20.1.